The van der Waals surface area contributed by atoms with Crippen molar-refractivity contribution in [2.24, 2.45) is 0 Å². The second-order valence-electron chi connectivity index (χ2n) is 5.15. The Morgan fingerprint density at radius 2 is 2.19 bits per heavy atom. The Balaban J connectivity index is 1.99. The van der Waals surface area contributed by atoms with E-state index in [-0.39, 0.29) is 11.8 Å². The largest absolute Gasteiger partial charge is 0.344 e. The predicted molar refractivity (Wildman–Crippen MR) is 80.9 cm³/mol. The van der Waals surface area contributed by atoms with Crippen LogP contribution in [0.25, 0.3) is 10.9 Å². The number of nitrogens with one attached hydrogen (secondary N) is 1. The minimum Gasteiger partial charge on any atom is -0.344 e. The van der Waals surface area contributed by atoms with Crippen molar-refractivity contribution in [3.05, 3.63) is 36.5 Å². The van der Waals surface area contributed by atoms with Crippen molar-refractivity contribution >= 4 is 28.4 Å². The molecule has 1 fully saturated rings. The van der Waals surface area contributed by atoms with E-state index in [2.05, 4.69) is 10.3 Å². The van der Waals surface area contributed by atoms with E-state index >= 15 is 0 Å². The van der Waals surface area contributed by atoms with Crippen LogP contribution < -0.4 is 10.2 Å². The number of benzene rings is 1. The molecule has 1 saturated heterocycles. The SMILES string of the molecule is CCC1NC(=O)CCN(c2ccc3ncccc3c2)C1=O. The molecule has 0 aliphatic carbocycles. The van der Waals surface area contributed by atoms with E-state index in [1.165, 1.54) is 0 Å². The van der Waals surface area contributed by atoms with Crippen molar-refractivity contribution in [1.82, 2.24) is 10.3 Å². The molecule has 0 bridgehead atoms. The third kappa shape index (κ3) is 2.59. The maximum Gasteiger partial charge on any atom is 0.249 e. The molecule has 3 rings (SSSR count). The molecule has 0 radical (unpaired) electrons. The van der Waals surface area contributed by atoms with Crippen LogP contribution in [0.1, 0.15) is 19.8 Å². The first-order valence-corrected chi connectivity index (χ1v) is 7.14. The number of carbonyl (C=O) groups is 2. The standard InChI is InChI=1S/C16H17N3O2/c1-2-13-16(21)19(9-7-15(20)18-13)12-5-6-14-11(10-12)4-3-8-17-14/h3-6,8,10,13H,2,7,9H2,1H3,(H,18,20). The zero-order valence-corrected chi connectivity index (χ0v) is 11.9. The number of aromatic nitrogens is 1. The van der Waals surface area contributed by atoms with Crippen LogP contribution in [-0.4, -0.2) is 29.4 Å². The van der Waals surface area contributed by atoms with Crippen LogP contribution in [0.3, 0.4) is 0 Å². The highest BCUT2D eigenvalue weighted by Gasteiger charge is 2.29. The second kappa shape index (κ2) is 5.52. The van der Waals surface area contributed by atoms with Crippen molar-refractivity contribution in [1.29, 1.82) is 0 Å². The number of anilines is 1. The number of hydrogen-bond acceptors (Lipinski definition) is 3. The van der Waals surface area contributed by atoms with E-state index in [0.717, 1.165) is 16.6 Å². The van der Waals surface area contributed by atoms with Gasteiger partial charge in [-0.3, -0.25) is 14.6 Å². The first-order chi connectivity index (χ1) is 10.2. The Labute approximate surface area is 123 Å². The van der Waals surface area contributed by atoms with Gasteiger partial charge in [-0.05, 0) is 30.7 Å². The van der Waals surface area contributed by atoms with Gasteiger partial charge in [-0.1, -0.05) is 13.0 Å². The van der Waals surface area contributed by atoms with E-state index in [1.54, 1.807) is 11.1 Å². The van der Waals surface area contributed by atoms with Gasteiger partial charge in [0.05, 0.1) is 5.52 Å². The molecule has 1 aromatic carbocycles. The van der Waals surface area contributed by atoms with Crippen molar-refractivity contribution in [3.63, 3.8) is 0 Å². The number of rotatable bonds is 2. The molecule has 1 N–H and O–H groups in total. The van der Waals surface area contributed by atoms with Gasteiger partial charge in [-0.25, -0.2) is 0 Å². The maximum absolute atomic E-state index is 12.6. The Morgan fingerprint density at radius 3 is 3.00 bits per heavy atom. The lowest BCUT2D eigenvalue weighted by atomic mass is 10.1. The fourth-order valence-corrected chi connectivity index (χ4v) is 2.60. The molecule has 108 valence electrons. The minimum atomic E-state index is -0.440. The minimum absolute atomic E-state index is 0.0495. The van der Waals surface area contributed by atoms with E-state index in [9.17, 15) is 9.59 Å². The Morgan fingerprint density at radius 1 is 1.33 bits per heavy atom. The molecule has 5 nitrogen and oxygen atoms in total. The van der Waals surface area contributed by atoms with Gasteiger partial charge in [0.2, 0.25) is 11.8 Å². The van der Waals surface area contributed by atoms with Gasteiger partial charge in [0, 0.05) is 30.2 Å². The summed E-state index contributed by atoms with van der Waals surface area (Å²) in [5.41, 5.74) is 1.71. The number of amides is 2. The molecule has 0 saturated carbocycles. The average molecular weight is 283 g/mol. The highest BCUT2D eigenvalue weighted by atomic mass is 16.2. The van der Waals surface area contributed by atoms with Crippen LogP contribution in [0.4, 0.5) is 5.69 Å². The summed E-state index contributed by atoms with van der Waals surface area (Å²) in [7, 11) is 0. The van der Waals surface area contributed by atoms with Crippen LogP contribution >= 0.6 is 0 Å². The lowest BCUT2D eigenvalue weighted by Crippen LogP contribution is -2.44. The quantitative estimate of drug-likeness (QED) is 0.915. The van der Waals surface area contributed by atoms with Crippen molar-refractivity contribution in [3.8, 4) is 0 Å². The van der Waals surface area contributed by atoms with E-state index in [0.29, 0.717) is 19.4 Å². The number of nitrogens with zero attached hydrogens (tertiary/aromatic N) is 2. The Hall–Kier alpha value is -2.43. The van der Waals surface area contributed by atoms with Crippen LogP contribution in [0, 0.1) is 0 Å². The first-order valence-electron chi connectivity index (χ1n) is 7.14. The highest BCUT2D eigenvalue weighted by Crippen LogP contribution is 2.23. The molecule has 1 aromatic heterocycles. The number of fused-ring (bicyclic) bond motifs is 1. The molecule has 1 aliphatic rings. The molecular formula is C16H17N3O2. The molecule has 0 spiro atoms. The van der Waals surface area contributed by atoms with Gasteiger partial charge in [-0.15, -0.1) is 0 Å². The second-order valence-corrected chi connectivity index (χ2v) is 5.15. The average Bonchev–Trinajstić information content (AvgIpc) is 2.66. The predicted octanol–water partition coefficient (Wildman–Crippen LogP) is 1.87. The fourth-order valence-electron chi connectivity index (χ4n) is 2.60. The molecule has 2 aromatic rings. The lowest BCUT2D eigenvalue weighted by Gasteiger charge is -2.23. The van der Waals surface area contributed by atoms with Gasteiger partial charge in [0.25, 0.3) is 0 Å². The van der Waals surface area contributed by atoms with Gasteiger partial charge in [0.1, 0.15) is 6.04 Å². The Kier molecular flexibility index (Phi) is 3.56. The third-order valence-electron chi connectivity index (χ3n) is 3.77. The summed E-state index contributed by atoms with van der Waals surface area (Å²) in [6, 6.07) is 9.13. The first kappa shape index (κ1) is 13.5. The van der Waals surface area contributed by atoms with Crippen LogP contribution in [0.15, 0.2) is 36.5 Å². The third-order valence-corrected chi connectivity index (χ3v) is 3.77. The van der Waals surface area contributed by atoms with E-state index < -0.39 is 6.04 Å². The normalized spacial score (nSPS) is 19.5. The van der Waals surface area contributed by atoms with E-state index in [4.69, 9.17) is 0 Å². The summed E-state index contributed by atoms with van der Waals surface area (Å²) >= 11 is 0. The van der Waals surface area contributed by atoms with Crippen LogP contribution in [0.5, 0.6) is 0 Å². The summed E-state index contributed by atoms with van der Waals surface area (Å²) in [6.07, 6.45) is 2.67. The van der Waals surface area contributed by atoms with Gasteiger partial charge in [0.15, 0.2) is 0 Å². The van der Waals surface area contributed by atoms with Crippen LogP contribution in [-0.2, 0) is 9.59 Å². The topological polar surface area (TPSA) is 62.3 Å². The molecule has 5 heteroatoms. The van der Waals surface area contributed by atoms with Crippen molar-refractivity contribution < 1.29 is 9.59 Å². The van der Waals surface area contributed by atoms with Gasteiger partial charge < -0.3 is 10.2 Å². The zero-order valence-electron chi connectivity index (χ0n) is 11.9. The number of carbonyl (C=O) groups excluding carboxylic acids is 2. The molecule has 2 amide bonds. The Bertz CT molecular complexity index is 699. The smallest absolute Gasteiger partial charge is 0.249 e. The molecule has 1 unspecified atom stereocenters. The van der Waals surface area contributed by atoms with Gasteiger partial charge >= 0.3 is 0 Å². The monoisotopic (exact) mass is 283 g/mol. The summed E-state index contributed by atoms with van der Waals surface area (Å²) in [5, 5.41) is 3.76. The highest BCUT2D eigenvalue weighted by molar-refractivity contribution is 6.02. The summed E-state index contributed by atoms with van der Waals surface area (Å²) in [5.74, 6) is -0.119. The van der Waals surface area contributed by atoms with Crippen molar-refractivity contribution in [2.45, 2.75) is 25.8 Å². The van der Waals surface area contributed by atoms with Gasteiger partial charge in [-0.2, -0.15) is 0 Å². The summed E-state index contributed by atoms with van der Waals surface area (Å²) < 4.78 is 0. The van der Waals surface area contributed by atoms with E-state index in [1.807, 2.05) is 37.3 Å². The molecular weight excluding hydrogens is 266 g/mol. The van der Waals surface area contributed by atoms with Crippen LogP contribution in [0.2, 0.25) is 0 Å². The zero-order chi connectivity index (χ0) is 14.8. The summed E-state index contributed by atoms with van der Waals surface area (Å²) in [6.45, 7) is 2.31. The lowest BCUT2D eigenvalue weighted by molar-refractivity contribution is -0.125. The van der Waals surface area contributed by atoms with Crippen molar-refractivity contribution in [2.75, 3.05) is 11.4 Å². The molecule has 2 heterocycles. The fraction of sp³-hybridized carbons (Fsp3) is 0.312. The molecule has 1 aliphatic heterocycles. The summed E-state index contributed by atoms with van der Waals surface area (Å²) in [4.78, 5) is 30.2. The number of pyridine rings is 1. The molecule has 21 heavy (non-hydrogen) atoms. The molecule has 1 atom stereocenters. The maximum atomic E-state index is 12.6. The number of hydrogen-bond donors (Lipinski definition) is 1.